The fourth-order valence-electron chi connectivity index (χ4n) is 1.83. The zero-order valence-corrected chi connectivity index (χ0v) is 8.57. The van der Waals surface area contributed by atoms with Crippen LogP contribution in [0.25, 0.3) is 0 Å². The van der Waals surface area contributed by atoms with Gasteiger partial charge < -0.3 is 10.0 Å². The largest absolute Gasteiger partial charge is 0.481 e. The molecule has 6 heteroatoms. The molecule has 0 spiro atoms. The number of hydrogen-bond donors (Lipinski definition) is 1. The summed E-state index contributed by atoms with van der Waals surface area (Å²) < 4.78 is 0. The molecule has 1 saturated heterocycles. The molecule has 1 aromatic rings. The van der Waals surface area contributed by atoms with Crippen LogP contribution in [0.1, 0.15) is 13.3 Å². The highest BCUT2D eigenvalue weighted by Crippen LogP contribution is 2.30. The number of aliphatic carboxylic acids is 1. The summed E-state index contributed by atoms with van der Waals surface area (Å²) in [6.45, 7) is 2.68. The lowest BCUT2D eigenvalue weighted by Crippen LogP contribution is -2.32. The maximum absolute atomic E-state index is 10.9. The number of rotatable bonds is 2. The van der Waals surface area contributed by atoms with E-state index >= 15 is 0 Å². The van der Waals surface area contributed by atoms with Gasteiger partial charge in [0.1, 0.15) is 5.51 Å². The third-order valence-electron chi connectivity index (χ3n) is 2.67. The molecule has 1 fully saturated rings. The highest BCUT2D eigenvalue weighted by atomic mass is 32.1. The molecule has 1 aliphatic rings. The van der Waals surface area contributed by atoms with Crippen LogP contribution in [-0.4, -0.2) is 33.9 Å². The van der Waals surface area contributed by atoms with Gasteiger partial charge in [-0.25, -0.2) is 0 Å². The van der Waals surface area contributed by atoms with Gasteiger partial charge in [-0.3, -0.25) is 4.79 Å². The second-order valence-corrected chi connectivity index (χ2v) is 4.20. The first-order valence-corrected chi connectivity index (χ1v) is 5.33. The van der Waals surface area contributed by atoms with Gasteiger partial charge in [-0.2, -0.15) is 0 Å². The first kappa shape index (κ1) is 9.39. The second-order valence-electron chi connectivity index (χ2n) is 3.39. The minimum Gasteiger partial charge on any atom is -0.481 e. The number of anilines is 1. The second kappa shape index (κ2) is 3.53. The van der Waals surface area contributed by atoms with Gasteiger partial charge in [0.05, 0.1) is 5.92 Å². The van der Waals surface area contributed by atoms with E-state index in [-0.39, 0.29) is 12.0 Å². The summed E-state index contributed by atoms with van der Waals surface area (Å²) in [5.74, 6) is -0.997. The Balaban J connectivity index is 2.15. The van der Waals surface area contributed by atoms with Gasteiger partial charge in [0.15, 0.2) is 0 Å². The van der Waals surface area contributed by atoms with E-state index < -0.39 is 5.97 Å². The summed E-state index contributed by atoms with van der Waals surface area (Å²) in [5.41, 5.74) is 1.66. The molecule has 1 aliphatic heterocycles. The minimum absolute atomic E-state index is 0.0143. The number of hydrogen-bond acceptors (Lipinski definition) is 5. The average molecular weight is 213 g/mol. The Labute approximate surface area is 85.4 Å². The molecular weight excluding hydrogens is 202 g/mol. The molecule has 0 aliphatic carbocycles. The third-order valence-corrected chi connectivity index (χ3v) is 3.39. The van der Waals surface area contributed by atoms with E-state index in [0.717, 1.165) is 11.7 Å². The molecule has 5 nitrogen and oxygen atoms in total. The van der Waals surface area contributed by atoms with E-state index in [1.54, 1.807) is 5.51 Å². The van der Waals surface area contributed by atoms with Crippen molar-refractivity contribution in [1.82, 2.24) is 10.2 Å². The summed E-state index contributed by atoms with van der Waals surface area (Å²) in [6, 6.07) is 0.0143. The van der Waals surface area contributed by atoms with Crippen molar-refractivity contribution in [3.05, 3.63) is 5.51 Å². The van der Waals surface area contributed by atoms with Crippen LogP contribution in [0, 0.1) is 5.92 Å². The van der Waals surface area contributed by atoms with Crippen LogP contribution in [0.4, 0.5) is 5.13 Å². The first-order chi connectivity index (χ1) is 6.70. The predicted molar refractivity (Wildman–Crippen MR) is 52.5 cm³/mol. The Kier molecular flexibility index (Phi) is 2.37. The monoisotopic (exact) mass is 213 g/mol. The van der Waals surface area contributed by atoms with Crippen molar-refractivity contribution in [2.24, 2.45) is 5.92 Å². The third kappa shape index (κ3) is 1.45. The average Bonchev–Trinajstić information content (AvgIpc) is 2.71. The summed E-state index contributed by atoms with van der Waals surface area (Å²) in [6.07, 6.45) is 0.691. The topological polar surface area (TPSA) is 66.3 Å². The standard InChI is InChI=1S/C8H11N3O2S/c1-5-6(7(12)13)2-3-11(5)8-10-9-4-14-8/h4-6H,2-3H2,1H3,(H,12,13). The van der Waals surface area contributed by atoms with E-state index in [0.29, 0.717) is 6.42 Å². The SMILES string of the molecule is CC1C(C(=O)O)CCN1c1nncs1. The van der Waals surface area contributed by atoms with Crippen LogP contribution in [0.2, 0.25) is 0 Å². The lowest BCUT2D eigenvalue weighted by atomic mass is 10.0. The highest BCUT2D eigenvalue weighted by Gasteiger charge is 2.36. The van der Waals surface area contributed by atoms with Crippen LogP contribution in [0.5, 0.6) is 0 Å². The Morgan fingerprint density at radius 3 is 3.07 bits per heavy atom. The molecule has 2 atom stereocenters. The number of aromatic nitrogens is 2. The van der Waals surface area contributed by atoms with E-state index in [2.05, 4.69) is 10.2 Å². The van der Waals surface area contributed by atoms with E-state index in [9.17, 15) is 4.79 Å². The molecule has 76 valence electrons. The van der Waals surface area contributed by atoms with Crippen LogP contribution < -0.4 is 4.90 Å². The van der Waals surface area contributed by atoms with Gasteiger partial charge in [-0.05, 0) is 13.3 Å². The Hall–Kier alpha value is -1.17. The smallest absolute Gasteiger partial charge is 0.308 e. The molecule has 1 N–H and O–H groups in total. The molecule has 2 heterocycles. The van der Waals surface area contributed by atoms with E-state index in [1.165, 1.54) is 11.3 Å². The maximum Gasteiger partial charge on any atom is 0.308 e. The minimum atomic E-state index is -0.718. The van der Waals surface area contributed by atoms with E-state index in [1.807, 2.05) is 11.8 Å². The molecule has 14 heavy (non-hydrogen) atoms. The molecule has 2 rings (SSSR count). The van der Waals surface area contributed by atoms with Crippen molar-refractivity contribution >= 4 is 22.4 Å². The zero-order chi connectivity index (χ0) is 10.1. The van der Waals surface area contributed by atoms with Crippen molar-refractivity contribution in [2.75, 3.05) is 11.4 Å². The summed E-state index contributed by atoms with van der Waals surface area (Å²) >= 11 is 1.45. The summed E-state index contributed by atoms with van der Waals surface area (Å²) in [7, 11) is 0. The van der Waals surface area contributed by atoms with Gasteiger partial charge >= 0.3 is 5.97 Å². The fraction of sp³-hybridized carbons (Fsp3) is 0.625. The van der Waals surface area contributed by atoms with Crippen LogP contribution in [0.3, 0.4) is 0 Å². The van der Waals surface area contributed by atoms with Crippen molar-refractivity contribution in [2.45, 2.75) is 19.4 Å². The summed E-state index contributed by atoms with van der Waals surface area (Å²) in [5, 5.41) is 17.5. The fourth-order valence-corrected chi connectivity index (χ4v) is 2.51. The molecule has 0 saturated carbocycles. The molecule has 0 aromatic carbocycles. The molecule has 0 amide bonds. The van der Waals surface area contributed by atoms with Gasteiger partial charge in [0.2, 0.25) is 5.13 Å². The zero-order valence-electron chi connectivity index (χ0n) is 7.75. The Morgan fingerprint density at radius 2 is 2.57 bits per heavy atom. The number of carbonyl (C=O) groups is 1. The number of nitrogens with zero attached hydrogens (tertiary/aromatic N) is 3. The first-order valence-electron chi connectivity index (χ1n) is 4.46. The lowest BCUT2D eigenvalue weighted by Gasteiger charge is -2.21. The summed E-state index contributed by atoms with van der Waals surface area (Å²) in [4.78, 5) is 12.9. The van der Waals surface area contributed by atoms with Crippen molar-refractivity contribution in [1.29, 1.82) is 0 Å². The number of carboxylic acid groups (broad SMARTS) is 1. The van der Waals surface area contributed by atoms with Crippen molar-refractivity contribution < 1.29 is 9.90 Å². The van der Waals surface area contributed by atoms with Gasteiger partial charge in [0.25, 0.3) is 0 Å². The van der Waals surface area contributed by atoms with Gasteiger partial charge in [0, 0.05) is 12.6 Å². The van der Waals surface area contributed by atoms with Crippen LogP contribution in [-0.2, 0) is 4.79 Å². The molecule has 0 bridgehead atoms. The number of carboxylic acids is 1. The van der Waals surface area contributed by atoms with Crippen molar-refractivity contribution in [3.8, 4) is 0 Å². The molecule has 0 radical (unpaired) electrons. The highest BCUT2D eigenvalue weighted by molar-refractivity contribution is 7.13. The van der Waals surface area contributed by atoms with Crippen molar-refractivity contribution in [3.63, 3.8) is 0 Å². The molecule has 1 aromatic heterocycles. The van der Waals surface area contributed by atoms with E-state index in [4.69, 9.17) is 5.11 Å². The van der Waals surface area contributed by atoms with Crippen LogP contribution in [0.15, 0.2) is 5.51 Å². The normalized spacial score (nSPS) is 26.8. The molecule has 2 unspecified atom stereocenters. The quantitative estimate of drug-likeness (QED) is 0.788. The van der Waals surface area contributed by atoms with Crippen LogP contribution >= 0.6 is 11.3 Å². The Morgan fingerprint density at radius 1 is 1.79 bits per heavy atom. The Bertz CT molecular complexity index is 327. The lowest BCUT2D eigenvalue weighted by molar-refractivity contribution is -0.141. The van der Waals surface area contributed by atoms with Gasteiger partial charge in [-0.1, -0.05) is 11.3 Å². The predicted octanol–water partition coefficient (Wildman–Crippen LogP) is 0.837. The van der Waals surface area contributed by atoms with Gasteiger partial charge in [-0.15, -0.1) is 10.2 Å². The maximum atomic E-state index is 10.9. The molecular formula is C8H11N3O2S.